The summed E-state index contributed by atoms with van der Waals surface area (Å²) in [6.07, 6.45) is 0. The first-order valence-electron chi connectivity index (χ1n) is 5.54. The average Bonchev–Trinajstić information content (AvgIpc) is 2.75. The zero-order chi connectivity index (χ0) is 13.1. The van der Waals surface area contributed by atoms with E-state index >= 15 is 0 Å². The second-order valence-corrected chi connectivity index (χ2v) is 5.94. The van der Waals surface area contributed by atoms with Gasteiger partial charge in [0.05, 0.1) is 17.7 Å². The van der Waals surface area contributed by atoms with Gasteiger partial charge in [0.2, 0.25) is 0 Å². The van der Waals surface area contributed by atoms with Crippen molar-refractivity contribution in [2.24, 2.45) is 5.73 Å². The lowest BCUT2D eigenvalue weighted by Gasteiger charge is -2.14. The molecule has 1 aromatic carbocycles. The van der Waals surface area contributed by atoms with Crippen molar-refractivity contribution in [3.63, 3.8) is 0 Å². The Morgan fingerprint density at radius 3 is 2.78 bits per heavy atom. The molecule has 0 radical (unpaired) electrons. The van der Waals surface area contributed by atoms with E-state index in [-0.39, 0.29) is 6.04 Å². The van der Waals surface area contributed by atoms with Gasteiger partial charge in [-0.2, -0.15) is 0 Å². The van der Waals surface area contributed by atoms with E-state index in [4.69, 9.17) is 22.1 Å². The molecule has 1 unspecified atom stereocenters. The quantitative estimate of drug-likeness (QED) is 0.877. The van der Waals surface area contributed by atoms with Gasteiger partial charge in [0.25, 0.3) is 0 Å². The van der Waals surface area contributed by atoms with E-state index in [1.807, 2.05) is 36.6 Å². The first kappa shape index (κ1) is 13.9. The predicted molar refractivity (Wildman–Crippen MR) is 80.7 cm³/mol. The maximum absolute atomic E-state index is 6.24. The van der Waals surface area contributed by atoms with Gasteiger partial charge in [0, 0.05) is 9.35 Å². The molecule has 0 fully saturated rings. The SMILES string of the molecule is CCOc1ccc(C(N)c2sccc2Cl)c(Br)c1. The second kappa shape index (κ2) is 6.06. The van der Waals surface area contributed by atoms with Crippen molar-refractivity contribution in [1.82, 2.24) is 0 Å². The molecule has 0 amide bonds. The van der Waals surface area contributed by atoms with Gasteiger partial charge in [-0.3, -0.25) is 0 Å². The molecule has 1 heterocycles. The zero-order valence-corrected chi connectivity index (χ0v) is 13.0. The van der Waals surface area contributed by atoms with Crippen molar-refractivity contribution in [2.45, 2.75) is 13.0 Å². The number of nitrogens with two attached hydrogens (primary N) is 1. The lowest BCUT2D eigenvalue weighted by atomic mass is 10.1. The molecule has 0 aliphatic carbocycles. The fraction of sp³-hybridized carbons (Fsp3) is 0.231. The Bertz CT molecular complexity index is 544. The van der Waals surface area contributed by atoms with E-state index in [9.17, 15) is 0 Å². The number of benzene rings is 1. The third kappa shape index (κ3) is 2.88. The summed E-state index contributed by atoms with van der Waals surface area (Å²) in [7, 11) is 0. The molecular formula is C13H13BrClNOS. The lowest BCUT2D eigenvalue weighted by Crippen LogP contribution is -2.11. The molecule has 0 saturated carbocycles. The van der Waals surface area contributed by atoms with Crippen LogP contribution in [0.25, 0.3) is 0 Å². The highest BCUT2D eigenvalue weighted by atomic mass is 79.9. The molecule has 96 valence electrons. The molecule has 0 saturated heterocycles. The average molecular weight is 347 g/mol. The van der Waals surface area contributed by atoms with E-state index in [1.54, 1.807) is 11.3 Å². The molecular weight excluding hydrogens is 334 g/mol. The zero-order valence-electron chi connectivity index (χ0n) is 9.82. The normalized spacial score (nSPS) is 12.4. The number of rotatable bonds is 4. The topological polar surface area (TPSA) is 35.2 Å². The van der Waals surface area contributed by atoms with Gasteiger partial charge in [-0.1, -0.05) is 33.6 Å². The summed E-state index contributed by atoms with van der Waals surface area (Å²) >= 11 is 11.2. The fourth-order valence-corrected chi connectivity index (χ4v) is 3.48. The van der Waals surface area contributed by atoms with Gasteiger partial charge in [-0.15, -0.1) is 11.3 Å². The second-order valence-electron chi connectivity index (χ2n) is 3.73. The third-order valence-corrected chi connectivity index (χ3v) is 4.67. The van der Waals surface area contributed by atoms with Gasteiger partial charge in [0.1, 0.15) is 5.75 Å². The minimum Gasteiger partial charge on any atom is -0.494 e. The molecule has 0 aliphatic heterocycles. The maximum Gasteiger partial charge on any atom is 0.120 e. The highest BCUT2D eigenvalue weighted by molar-refractivity contribution is 9.10. The number of hydrogen-bond acceptors (Lipinski definition) is 3. The van der Waals surface area contributed by atoms with Crippen molar-refractivity contribution < 1.29 is 4.74 Å². The first-order valence-corrected chi connectivity index (χ1v) is 7.59. The number of hydrogen-bond donors (Lipinski definition) is 1. The standard InChI is InChI=1S/C13H13BrClNOS/c1-2-17-8-3-4-9(10(14)7-8)12(16)13-11(15)5-6-18-13/h3-7,12H,2,16H2,1H3. The van der Waals surface area contributed by atoms with Crippen LogP contribution in [0.1, 0.15) is 23.4 Å². The minimum atomic E-state index is -0.220. The molecule has 0 spiro atoms. The molecule has 1 aromatic heterocycles. The van der Waals surface area contributed by atoms with Crippen LogP contribution in [0.15, 0.2) is 34.1 Å². The van der Waals surface area contributed by atoms with Crippen LogP contribution in [0, 0.1) is 0 Å². The van der Waals surface area contributed by atoms with Crippen LogP contribution in [-0.2, 0) is 0 Å². The van der Waals surface area contributed by atoms with Crippen LogP contribution < -0.4 is 10.5 Å². The summed E-state index contributed by atoms with van der Waals surface area (Å²) < 4.78 is 6.38. The monoisotopic (exact) mass is 345 g/mol. The van der Waals surface area contributed by atoms with Crippen LogP contribution in [0.3, 0.4) is 0 Å². The van der Waals surface area contributed by atoms with Crippen LogP contribution in [-0.4, -0.2) is 6.61 Å². The molecule has 2 rings (SSSR count). The van der Waals surface area contributed by atoms with Gasteiger partial charge in [-0.05, 0) is 36.1 Å². The van der Waals surface area contributed by atoms with Gasteiger partial charge >= 0.3 is 0 Å². The Kier molecular flexibility index (Phi) is 4.67. The number of ether oxygens (including phenoxy) is 1. The number of thiophene rings is 1. The molecule has 0 aliphatic rings. The van der Waals surface area contributed by atoms with E-state index in [1.165, 1.54) is 0 Å². The molecule has 18 heavy (non-hydrogen) atoms. The molecule has 2 nitrogen and oxygen atoms in total. The molecule has 2 aromatic rings. The van der Waals surface area contributed by atoms with Crippen LogP contribution in [0.5, 0.6) is 5.75 Å². The maximum atomic E-state index is 6.24. The Labute approximate surface area is 124 Å². The van der Waals surface area contributed by atoms with Gasteiger partial charge < -0.3 is 10.5 Å². The van der Waals surface area contributed by atoms with Crippen molar-refractivity contribution in [1.29, 1.82) is 0 Å². The van der Waals surface area contributed by atoms with Crippen molar-refractivity contribution in [3.8, 4) is 5.75 Å². The van der Waals surface area contributed by atoms with E-state index in [0.29, 0.717) is 11.6 Å². The van der Waals surface area contributed by atoms with Crippen molar-refractivity contribution in [2.75, 3.05) is 6.61 Å². The Hall–Kier alpha value is -0.550. The largest absolute Gasteiger partial charge is 0.494 e. The van der Waals surface area contributed by atoms with Crippen LogP contribution in [0.4, 0.5) is 0 Å². The summed E-state index contributed by atoms with van der Waals surface area (Å²) in [5, 5.41) is 2.66. The summed E-state index contributed by atoms with van der Waals surface area (Å²) in [6, 6.07) is 7.47. The predicted octanol–water partition coefficient (Wildman–Crippen LogP) is 4.61. The highest BCUT2D eigenvalue weighted by Crippen LogP contribution is 2.35. The molecule has 5 heteroatoms. The lowest BCUT2D eigenvalue weighted by molar-refractivity contribution is 0.340. The Morgan fingerprint density at radius 1 is 1.44 bits per heavy atom. The summed E-state index contributed by atoms with van der Waals surface area (Å²) in [6.45, 7) is 2.60. The van der Waals surface area contributed by atoms with Gasteiger partial charge in [-0.25, -0.2) is 0 Å². The van der Waals surface area contributed by atoms with Crippen molar-refractivity contribution in [3.05, 3.63) is 49.6 Å². The smallest absolute Gasteiger partial charge is 0.120 e. The van der Waals surface area contributed by atoms with Crippen LogP contribution in [0.2, 0.25) is 5.02 Å². The minimum absolute atomic E-state index is 0.220. The number of halogens is 2. The molecule has 2 N–H and O–H groups in total. The third-order valence-electron chi connectivity index (χ3n) is 2.55. The van der Waals surface area contributed by atoms with Crippen molar-refractivity contribution >= 4 is 38.9 Å². The first-order chi connectivity index (χ1) is 8.63. The van der Waals surface area contributed by atoms with Gasteiger partial charge in [0.15, 0.2) is 0 Å². The van der Waals surface area contributed by atoms with E-state index in [2.05, 4.69) is 15.9 Å². The van der Waals surface area contributed by atoms with E-state index < -0.39 is 0 Å². The Morgan fingerprint density at radius 2 is 2.22 bits per heavy atom. The summed E-state index contributed by atoms with van der Waals surface area (Å²) in [5.74, 6) is 0.831. The summed E-state index contributed by atoms with van der Waals surface area (Å²) in [4.78, 5) is 0.974. The molecule has 0 bridgehead atoms. The Balaban J connectivity index is 2.31. The van der Waals surface area contributed by atoms with Crippen LogP contribution >= 0.6 is 38.9 Å². The summed E-state index contributed by atoms with van der Waals surface area (Å²) in [5.41, 5.74) is 7.24. The fourth-order valence-electron chi connectivity index (χ4n) is 1.69. The molecule has 1 atom stereocenters. The van der Waals surface area contributed by atoms with E-state index in [0.717, 1.165) is 20.7 Å². The highest BCUT2D eigenvalue weighted by Gasteiger charge is 2.16.